The molecule has 34 heavy (non-hydrogen) atoms. The molecule has 1 aliphatic heterocycles. The first-order valence-corrected chi connectivity index (χ1v) is 12.9. The van der Waals surface area contributed by atoms with Crippen LogP contribution in [0.25, 0.3) is 11.3 Å². The van der Waals surface area contributed by atoms with Crippen molar-refractivity contribution in [2.24, 2.45) is 5.92 Å². The van der Waals surface area contributed by atoms with Crippen LogP contribution in [0.1, 0.15) is 24.0 Å². The molecule has 2 aromatic carbocycles. The van der Waals surface area contributed by atoms with Crippen molar-refractivity contribution in [1.82, 2.24) is 4.98 Å². The SMILES string of the molecule is Cc1cccc(C)c1N(CC(=O)Nc1ccc(-c2cocn2)cc1)C(=O)C1CCS(=O)(=O)CC1. The molecule has 3 aromatic rings. The van der Waals surface area contributed by atoms with Crippen molar-refractivity contribution in [3.8, 4) is 11.3 Å². The van der Waals surface area contributed by atoms with Gasteiger partial charge in [-0.15, -0.1) is 0 Å². The molecule has 0 spiro atoms. The molecule has 2 heterocycles. The van der Waals surface area contributed by atoms with Gasteiger partial charge in [0.25, 0.3) is 0 Å². The van der Waals surface area contributed by atoms with Crippen LogP contribution in [-0.4, -0.2) is 43.3 Å². The minimum absolute atomic E-state index is 0.00589. The van der Waals surface area contributed by atoms with E-state index in [1.807, 2.05) is 44.2 Å². The number of hydrogen-bond donors (Lipinski definition) is 1. The Labute approximate surface area is 198 Å². The molecule has 9 heteroatoms. The van der Waals surface area contributed by atoms with Crippen molar-refractivity contribution < 1.29 is 22.4 Å². The highest BCUT2D eigenvalue weighted by atomic mass is 32.2. The number of oxazole rings is 1. The first-order chi connectivity index (χ1) is 16.2. The Morgan fingerprint density at radius 2 is 1.71 bits per heavy atom. The monoisotopic (exact) mass is 481 g/mol. The molecule has 178 valence electrons. The number of sulfone groups is 1. The van der Waals surface area contributed by atoms with E-state index in [4.69, 9.17) is 4.42 Å². The fraction of sp³-hybridized carbons (Fsp3) is 0.320. The first kappa shape index (κ1) is 23.7. The van der Waals surface area contributed by atoms with E-state index in [1.165, 1.54) is 17.6 Å². The number of anilines is 2. The minimum atomic E-state index is -3.10. The third kappa shape index (κ3) is 5.36. The molecule has 1 saturated heterocycles. The van der Waals surface area contributed by atoms with E-state index in [-0.39, 0.29) is 42.7 Å². The van der Waals surface area contributed by atoms with Crippen LogP contribution in [-0.2, 0) is 19.4 Å². The molecule has 0 unspecified atom stereocenters. The Balaban J connectivity index is 1.53. The average Bonchev–Trinajstić information content (AvgIpc) is 3.33. The van der Waals surface area contributed by atoms with Crippen molar-refractivity contribution in [3.05, 3.63) is 66.2 Å². The van der Waals surface area contributed by atoms with E-state index in [1.54, 1.807) is 12.1 Å². The molecule has 0 atom stereocenters. The maximum absolute atomic E-state index is 13.5. The van der Waals surface area contributed by atoms with Gasteiger partial charge in [-0.2, -0.15) is 0 Å². The van der Waals surface area contributed by atoms with E-state index < -0.39 is 15.8 Å². The zero-order valence-electron chi connectivity index (χ0n) is 19.2. The van der Waals surface area contributed by atoms with Gasteiger partial charge in [0.1, 0.15) is 28.3 Å². The Hall–Kier alpha value is -3.46. The summed E-state index contributed by atoms with van der Waals surface area (Å²) in [4.78, 5) is 32.1. The number of aryl methyl sites for hydroxylation is 2. The number of carbonyl (C=O) groups is 2. The molecule has 1 aliphatic rings. The third-order valence-corrected chi connectivity index (χ3v) is 7.79. The van der Waals surface area contributed by atoms with E-state index in [9.17, 15) is 18.0 Å². The third-order valence-electron chi connectivity index (χ3n) is 6.08. The van der Waals surface area contributed by atoms with Crippen molar-refractivity contribution in [1.29, 1.82) is 0 Å². The van der Waals surface area contributed by atoms with Crippen LogP contribution in [0, 0.1) is 19.8 Å². The zero-order valence-corrected chi connectivity index (χ0v) is 20.0. The lowest BCUT2D eigenvalue weighted by atomic mass is 9.99. The number of hydrogen-bond acceptors (Lipinski definition) is 6. The van der Waals surface area contributed by atoms with Gasteiger partial charge in [0.2, 0.25) is 11.8 Å². The summed E-state index contributed by atoms with van der Waals surface area (Å²) in [5.74, 6) is -1.00. The highest BCUT2D eigenvalue weighted by Crippen LogP contribution is 2.29. The number of amides is 2. The van der Waals surface area contributed by atoms with E-state index in [0.717, 1.165) is 16.7 Å². The smallest absolute Gasteiger partial charge is 0.244 e. The molecule has 1 fully saturated rings. The number of rotatable bonds is 6. The quantitative estimate of drug-likeness (QED) is 0.574. The van der Waals surface area contributed by atoms with Crippen LogP contribution in [0.4, 0.5) is 11.4 Å². The van der Waals surface area contributed by atoms with Crippen molar-refractivity contribution in [2.45, 2.75) is 26.7 Å². The van der Waals surface area contributed by atoms with Crippen molar-refractivity contribution >= 4 is 33.0 Å². The Morgan fingerprint density at radius 1 is 1.06 bits per heavy atom. The van der Waals surface area contributed by atoms with E-state index in [0.29, 0.717) is 17.1 Å². The van der Waals surface area contributed by atoms with Gasteiger partial charge in [0, 0.05) is 17.2 Å². The molecule has 2 amide bonds. The lowest BCUT2D eigenvalue weighted by Crippen LogP contribution is -2.44. The molecule has 4 rings (SSSR count). The maximum atomic E-state index is 13.5. The van der Waals surface area contributed by atoms with Crippen LogP contribution < -0.4 is 10.2 Å². The normalized spacial score (nSPS) is 15.6. The van der Waals surface area contributed by atoms with Gasteiger partial charge in [-0.1, -0.05) is 30.3 Å². The van der Waals surface area contributed by atoms with Crippen molar-refractivity contribution in [3.63, 3.8) is 0 Å². The second-order valence-electron chi connectivity index (χ2n) is 8.59. The lowest BCUT2D eigenvalue weighted by Gasteiger charge is -2.31. The number of aromatic nitrogens is 1. The molecule has 0 bridgehead atoms. The Morgan fingerprint density at radius 3 is 2.29 bits per heavy atom. The largest absolute Gasteiger partial charge is 0.451 e. The van der Waals surface area contributed by atoms with Gasteiger partial charge in [0.05, 0.1) is 17.2 Å². The summed E-state index contributed by atoms with van der Waals surface area (Å²) in [5, 5.41) is 2.85. The second-order valence-corrected chi connectivity index (χ2v) is 10.9. The van der Waals surface area contributed by atoms with Gasteiger partial charge >= 0.3 is 0 Å². The molecule has 1 N–H and O–H groups in total. The average molecular weight is 482 g/mol. The van der Waals surface area contributed by atoms with Crippen LogP contribution in [0.15, 0.2) is 59.5 Å². The van der Waals surface area contributed by atoms with E-state index in [2.05, 4.69) is 10.3 Å². The predicted octanol–water partition coefficient (Wildman–Crippen LogP) is 3.75. The van der Waals surface area contributed by atoms with Crippen LogP contribution in [0.2, 0.25) is 0 Å². The Bertz CT molecular complexity index is 1250. The number of nitrogens with one attached hydrogen (secondary N) is 1. The molecule has 0 radical (unpaired) electrons. The summed E-state index contributed by atoms with van der Waals surface area (Å²) < 4.78 is 28.7. The topological polar surface area (TPSA) is 110 Å². The summed E-state index contributed by atoms with van der Waals surface area (Å²) in [6, 6.07) is 12.9. The summed E-state index contributed by atoms with van der Waals surface area (Å²) >= 11 is 0. The summed E-state index contributed by atoms with van der Waals surface area (Å²) in [6.07, 6.45) is 3.44. The number of benzene rings is 2. The molecule has 8 nitrogen and oxygen atoms in total. The van der Waals surface area contributed by atoms with Crippen LogP contribution in [0.5, 0.6) is 0 Å². The highest BCUT2D eigenvalue weighted by molar-refractivity contribution is 7.91. The Kier molecular flexibility index (Phi) is 6.83. The molecular formula is C25H27N3O5S. The van der Waals surface area contributed by atoms with Crippen LogP contribution >= 0.6 is 0 Å². The maximum Gasteiger partial charge on any atom is 0.244 e. The van der Waals surface area contributed by atoms with Gasteiger partial charge in [-0.3, -0.25) is 9.59 Å². The van der Waals surface area contributed by atoms with E-state index >= 15 is 0 Å². The van der Waals surface area contributed by atoms with Crippen LogP contribution in [0.3, 0.4) is 0 Å². The fourth-order valence-electron chi connectivity index (χ4n) is 4.28. The minimum Gasteiger partial charge on any atom is -0.451 e. The summed E-state index contributed by atoms with van der Waals surface area (Å²) in [7, 11) is -3.10. The molecule has 0 saturated carbocycles. The van der Waals surface area contributed by atoms with Gasteiger partial charge in [0.15, 0.2) is 6.39 Å². The highest BCUT2D eigenvalue weighted by Gasteiger charge is 2.33. The first-order valence-electron chi connectivity index (χ1n) is 11.1. The van der Waals surface area contributed by atoms with Gasteiger partial charge in [-0.25, -0.2) is 13.4 Å². The standard InChI is InChI=1S/C25H27N3O5S/c1-17-4-3-5-18(2)24(17)28(25(30)20-10-12-34(31,32)13-11-20)14-23(29)27-21-8-6-19(7-9-21)22-15-33-16-26-22/h3-9,15-16,20H,10-14H2,1-2H3,(H,27,29). The molecule has 0 aliphatic carbocycles. The second kappa shape index (κ2) is 9.80. The van der Waals surface area contributed by atoms with Crippen molar-refractivity contribution in [2.75, 3.05) is 28.3 Å². The van der Waals surface area contributed by atoms with Gasteiger partial charge < -0.3 is 14.6 Å². The number of nitrogens with zero attached hydrogens (tertiary/aromatic N) is 2. The molecule has 1 aromatic heterocycles. The fourth-order valence-corrected chi connectivity index (χ4v) is 5.77. The summed E-state index contributed by atoms with van der Waals surface area (Å²) in [5.41, 5.74) is 4.58. The lowest BCUT2D eigenvalue weighted by molar-refractivity contribution is -0.124. The number of para-hydroxylation sites is 1. The predicted molar refractivity (Wildman–Crippen MR) is 130 cm³/mol. The summed E-state index contributed by atoms with van der Waals surface area (Å²) in [6.45, 7) is 3.63. The molecular weight excluding hydrogens is 454 g/mol. The zero-order chi connectivity index (χ0) is 24.3. The van der Waals surface area contributed by atoms with Gasteiger partial charge in [-0.05, 0) is 49.9 Å². The number of carbonyl (C=O) groups excluding carboxylic acids is 2.